The predicted octanol–water partition coefficient (Wildman–Crippen LogP) is 0.418. The molecule has 1 atom stereocenters. The van der Waals surface area contributed by atoms with E-state index in [1.165, 1.54) is 29.7 Å². The quantitative estimate of drug-likeness (QED) is 0.809. The van der Waals surface area contributed by atoms with Crippen molar-refractivity contribution in [3.05, 3.63) is 28.2 Å². The summed E-state index contributed by atoms with van der Waals surface area (Å²) in [6, 6.07) is 2.98. The molecule has 0 spiro atoms. The number of aromatic nitrogens is 2. The average molecular weight is 265 g/mol. The number of methoxy groups -OCH3 is 1. The van der Waals surface area contributed by atoms with E-state index in [1.807, 2.05) is 6.92 Å². The van der Waals surface area contributed by atoms with Crippen molar-refractivity contribution in [1.29, 1.82) is 0 Å². The van der Waals surface area contributed by atoms with Crippen molar-refractivity contribution in [3.8, 4) is 0 Å². The predicted molar refractivity (Wildman–Crippen MR) is 70.0 cm³/mol. The number of carbonyl (C=O) groups excluding carboxylic acids is 1. The zero-order valence-electron chi connectivity index (χ0n) is 11.3. The van der Waals surface area contributed by atoms with Crippen LogP contribution in [-0.2, 0) is 11.3 Å². The molecular formula is C13H19N3O3. The molecule has 1 amide bonds. The van der Waals surface area contributed by atoms with Gasteiger partial charge in [0, 0.05) is 19.2 Å². The smallest absolute Gasteiger partial charge is 0.271 e. The first-order valence-electron chi connectivity index (χ1n) is 6.50. The highest BCUT2D eigenvalue weighted by Gasteiger charge is 2.29. The molecule has 1 saturated carbocycles. The Morgan fingerprint density at radius 3 is 2.95 bits per heavy atom. The first kappa shape index (κ1) is 13.7. The van der Waals surface area contributed by atoms with Gasteiger partial charge in [0.25, 0.3) is 11.5 Å². The molecule has 19 heavy (non-hydrogen) atoms. The van der Waals surface area contributed by atoms with Gasteiger partial charge in [-0.05, 0) is 31.7 Å². The van der Waals surface area contributed by atoms with Gasteiger partial charge in [-0.1, -0.05) is 0 Å². The number of ether oxygens (including phenoxy) is 1. The number of nitrogens with zero attached hydrogens (tertiary/aromatic N) is 2. The summed E-state index contributed by atoms with van der Waals surface area (Å²) in [4.78, 5) is 23.6. The third-order valence-electron chi connectivity index (χ3n) is 3.29. The van der Waals surface area contributed by atoms with Crippen LogP contribution in [0.5, 0.6) is 0 Å². The first-order valence-corrected chi connectivity index (χ1v) is 6.50. The molecule has 0 aromatic carbocycles. The number of carbonyl (C=O) groups is 1. The second kappa shape index (κ2) is 5.97. The minimum Gasteiger partial charge on any atom is -0.383 e. The molecule has 1 aromatic rings. The maximum absolute atomic E-state index is 12.0. The Bertz CT molecular complexity index is 508. The van der Waals surface area contributed by atoms with Crippen LogP contribution in [0.2, 0.25) is 0 Å². The minimum atomic E-state index is -0.233. The van der Waals surface area contributed by atoms with Crippen LogP contribution in [0.15, 0.2) is 16.9 Å². The van der Waals surface area contributed by atoms with Crippen molar-refractivity contribution in [2.24, 2.45) is 5.92 Å². The monoisotopic (exact) mass is 265 g/mol. The third kappa shape index (κ3) is 3.64. The molecule has 1 unspecified atom stereocenters. The summed E-state index contributed by atoms with van der Waals surface area (Å²) in [5.41, 5.74) is 0.0343. The van der Waals surface area contributed by atoms with E-state index in [0.29, 0.717) is 19.1 Å². The molecular weight excluding hydrogens is 246 g/mol. The summed E-state index contributed by atoms with van der Waals surface area (Å²) in [6.07, 6.45) is 2.34. The first-order chi connectivity index (χ1) is 9.11. The summed E-state index contributed by atoms with van der Waals surface area (Å²) < 4.78 is 6.16. The fraction of sp³-hybridized carbons (Fsp3) is 0.615. The van der Waals surface area contributed by atoms with E-state index in [9.17, 15) is 9.59 Å². The molecule has 0 radical (unpaired) electrons. The van der Waals surface area contributed by atoms with E-state index in [1.54, 1.807) is 7.11 Å². The molecule has 1 N–H and O–H groups in total. The van der Waals surface area contributed by atoms with Gasteiger partial charge >= 0.3 is 0 Å². The summed E-state index contributed by atoms with van der Waals surface area (Å²) in [5, 5.41) is 6.97. The summed E-state index contributed by atoms with van der Waals surface area (Å²) in [5.74, 6) is 0.355. The normalized spacial score (nSPS) is 16.1. The molecule has 104 valence electrons. The maximum atomic E-state index is 12.0. The van der Waals surface area contributed by atoms with E-state index in [2.05, 4.69) is 10.4 Å². The summed E-state index contributed by atoms with van der Waals surface area (Å²) in [7, 11) is 1.55. The van der Waals surface area contributed by atoms with Crippen molar-refractivity contribution in [1.82, 2.24) is 15.1 Å². The Labute approximate surface area is 111 Å². The van der Waals surface area contributed by atoms with E-state index >= 15 is 0 Å². The largest absolute Gasteiger partial charge is 0.383 e. The van der Waals surface area contributed by atoms with Gasteiger partial charge in [-0.25, -0.2) is 4.68 Å². The van der Waals surface area contributed by atoms with Gasteiger partial charge < -0.3 is 10.1 Å². The molecule has 0 saturated heterocycles. The van der Waals surface area contributed by atoms with Gasteiger partial charge in [-0.2, -0.15) is 5.10 Å². The second-order valence-corrected chi connectivity index (χ2v) is 4.87. The fourth-order valence-electron chi connectivity index (χ4n) is 1.90. The van der Waals surface area contributed by atoms with Crippen LogP contribution >= 0.6 is 0 Å². The van der Waals surface area contributed by atoms with Crippen LogP contribution in [-0.4, -0.2) is 35.4 Å². The number of hydrogen-bond donors (Lipinski definition) is 1. The Hall–Kier alpha value is -1.69. The Balaban J connectivity index is 2.06. The molecule has 6 heteroatoms. The standard InChI is InChI=1S/C13H19N3O3/c1-9(10-3-4-10)14-13(18)11-5-6-12(17)16(15-11)7-8-19-2/h5-6,9-10H,3-4,7-8H2,1-2H3,(H,14,18). The van der Waals surface area contributed by atoms with Crippen LogP contribution in [0.3, 0.4) is 0 Å². The van der Waals surface area contributed by atoms with Crippen LogP contribution in [0.1, 0.15) is 30.3 Å². The molecule has 6 nitrogen and oxygen atoms in total. The molecule has 1 aromatic heterocycles. The number of hydrogen-bond acceptors (Lipinski definition) is 4. The Kier molecular flexibility index (Phi) is 4.31. The number of amides is 1. The van der Waals surface area contributed by atoms with Crippen molar-refractivity contribution in [2.75, 3.05) is 13.7 Å². The SMILES string of the molecule is COCCn1nc(C(=O)NC(C)C2CC2)ccc1=O. The zero-order chi connectivity index (χ0) is 13.8. The van der Waals surface area contributed by atoms with Crippen molar-refractivity contribution < 1.29 is 9.53 Å². The van der Waals surface area contributed by atoms with Gasteiger partial charge in [0.15, 0.2) is 0 Å². The lowest BCUT2D eigenvalue weighted by molar-refractivity contribution is 0.0927. The number of rotatable bonds is 6. The highest BCUT2D eigenvalue weighted by atomic mass is 16.5. The van der Waals surface area contributed by atoms with Crippen molar-refractivity contribution >= 4 is 5.91 Å². The maximum Gasteiger partial charge on any atom is 0.271 e. The fourth-order valence-corrected chi connectivity index (χ4v) is 1.90. The molecule has 1 heterocycles. The van der Waals surface area contributed by atoms with E-state index in [-0.39, 0.29) is 23.2 Å². The van der Waals surface area contributed by atoms with Gasteiger partial charge in [0.1, 0.15) is 5.69 Å². The van der Waals surface area contributed by atoms with Gasteiger partial charge in [0.2, 0.25) is 0 Å². The molecule has 1 aliphatic carbocycles. The lowest BCUT2D eigenvalue weighted by atomic mass is 10.2. The van der Waals surface area contributed by atoms with E-state index in [0.717, 1.165) is 0 Å². The van der Waals surface area contributed by atoms with Crippen LogP contribution in [0, 0.1) is 5.92 Å². The zero-order valence-corrected chi connectivity index (χ0v) is 11.3. The van der Waals surface area contributed by atoms with Crippen LogP contribution in [0.4, 0.5) is 0 Å². The molecule has 1 aliphatic rings. The summed E-state index contributed by atoms with van der Waals surface area (Å²) >= 11 is 0. The molecule has 0 bridgehead atoms. The minimum absolute atomic E-state index is 0.161. The average Bonchev–Trinajstić information content (AvgIpc) is 3.21. The molecule has 1 fully saturated rings. The van der Waals surface area contributed by atoms with Gasteiger partial charge in [-0.15, -0.1) is 0 Å². The third-order valence-corrected chi connectivity index (χ3v) is 3.29. The van der Waals surface area contributed by atoms with E-state index in [4.69, 9.17) is 4.74 Å². The number of nitrogens with one attached hydrogen (secondary N) is 1. The topological polar surface area (TPSA) is 73.2 Å². The lowest BCUT2D eigenvalue weighted by Crippen LogP contribution is -2.36. The van der Waals surface area contributed by atoms with Crippen LogP contribution < -0.4 is 10.9 Å². The van der Waals surface area contributed by atoms with Crippen LogP contribution in [0.25, 0.3) is 0 Å². The highest BCUT2D eigenvalue weighted by Crippen LogP contribution is 2.32. The molecule has 2 rings (SSSR count). The summed E-state index contributed by atoms with van der Waals surface area (Å²) in [6.45, 7) is 2.72. The highest BCUT2D eigenvalue weighted by molar-refractivity contribution is 5.92. The lowest BCUT2D eigenvalue weighted by Gasteiger charge is -2.12. The van der Waals surface area contributed by atoms with Crippen molar-refractivity contribution in [2.45, 2.75) is 32.4 Å². The van der Waals surface area contributed by atoms with Gasteiger partial charge in [-0.3, -0.25) is 9.59 Å². The Morgan fingerprint density at radius 2 is 2.32 bits per heavy atom. The second-order valence-electron chi connectivity index (χ2n) is 4.87. The molecule has 0 aliphatic heterocycles. The Morgan fingerprint density at radius 1 is 1.58 bits per heavy atom. The van der Waals surface area contributed by atoms with Crippen molar-refractivity contribution in [3.63, 3.8) is 0 Å². The van der Waals surface area contributed by atoms with E-state index < -0.39 is 0 Å². The van der Waals surface area contributed by atoms with Gasteiger partial charge in [0.05, 0.1) is 13.2 Å².